The number of anilines is 1. The van der Waals surface area contributed by atoms with Crippen LogP contribution in [-0.2, 0) is 4.74 Å². The van der Waals surface area contributed by atoms with Crippen molar-refractivity contribution < 1.29 is 18.9 Å². The largest absolute Gasteiger partial charge is 0.468 e. The van der Waals surface area contributed by atoms with E-state index in [1.807, 2.05) is 12.1 Å². The van der Waals surface area contributed by atoms with Crippen molar-refractivity contribution in [2.24, 2.45) is 0 Å². The molecule has 1 aliphatic heterocycles. The third kappa shape index (κ3) is 4.46. The van der Waals surface area contributed by atoms with Crippen LogP contribution in [-0.4, -0.2) is 42.5 Å². The fraction of sp³-hybridized carbons (Fsp3) is 0.421. The smallest absolute Gasteiger partial charge is 0.338 e. The van der Waals surface area contributed by atoms with Crippen molar-refractivity contribution in [3.63, 3.8) is 0 Å². The molecule has 0 spiro atoms. The molecule has 0 saturated carbocycles. The van der Waals surface area contributed by atoms with Crippen LogP contribution in [0.2, 0.25) is 0 Å². The van der Waals surface area contributed by atoms with Gasteiger partial charge in [0.1, 0.15) is 11.4 Å². The number of nitro groups is 1. The molecule has 1 aromatic heterocycles. The predicted molar refractivity (Wildman–Crippen MR) is 99.8 cm³/mol. The first-order valence-corrected chi connectivity index (χ1v) is 8.98. The number of benzene rings is 1. The maximum Gasteiger partial charge on any atom is 0.338 e. The number of piperidine rings is 1. The summed E-state index contributed by atoms with van der Waals surface area (Å²) < 4.78 is 10.2. The van der Waals surface area contributed by atoms with Gasteiger partial charge in [0, 0.05) is 12.6 Å². The number of carbonyl (C=O) groups excluding carboxylic acids is 1. The Morgan fingerprint density at radius 3 is 2.74 bits per heavy atom. The number of rotatable bonds is 7. The van der Waals surface area contributed by atoms with Crippen LogP contribution >= 0.6 is 0 Å². The maximum absolute atomic E-state index is 11.6. The van der Waals surface area contributed by atoms with E-state index in [0.717, 1.165) is 31.7 Å². The summed E-state index contributed by atoms with van der Waals surface area (Å²) in [5.74, 6) is 0.227. The van der Waals surface area contributed by atoms with Gasteiger partial charge in [-0.2, -0.15) is 0 Å². The Labute approximate surface area is 157 Å². The van der Waals surface area contributed by atoms with E-state index in [4.69, 9.17) is 4.42 Å². The Morgan fingerprint density at radius 1 is 1.33 bits per heavy atom. The highest BCUT2D eigenvalue weighted by Gasteiger charge is 2.26. The highest BCUT2D eigenvalue weighted by Crippen LogP contribution is 2.29. The van der Waals surface area contributed by atoms with Gasteiger partial charge < -0.3 is 14.5 Å². The summed E-state index contributed by atoms with van der Waals surface area (Å²) in [5, 5.41) is 14.6. The van der Waals surface area contributed by atoms with Crippen LogP contribution in [0.5, 0.6) is 0 Å². The lowest BCUT2D eigenvalue weighted by atomic mass is 10.1. The minimum atomic E-state index is -0.605. The van der Waals surface area contributed by atoms with Crippen molar-refractivity contribution in [3.8, 4) is 0 Å². The molecule has 1 saturated heterocycles. The van der Waals surface area contributed by atoms with Gasteiger partial charge in [-0.15, -0.1) is 0 Å². The topological polar surface area (TPSA) is 97.8 Å². The van der Waals surface area contributed by atoms with Gasteiger partial charge in [-0.25, -0.2) is 4.79 Å². The monoisotopic (exact) mass is 373 g/mol. The number of hydrogen-bond acceptors (Lipinski definition) is 7. The number of nitrogens with one attached hydrogen (secondary N) is 1. The number of methoxy groups -OCH3 is 1. The molecular formula is C19H23N3O5. The zero-order valence-corrected chi connectivity index (χ0v) is 15.2. The number of hydrogen-bond donors (Lipinski definition) is 1. The highest BCUT2D eigenvalue weighted by molar-refractivity contribution is 5.91. The number of ether oxygens (including phenoxy) is 1. The fourth-order valence-corrected chi connectivity index (χ4v) is 3.40. The van der Waals surface area contributed by atoms with Crippen molar-refractivity contribution in [3.05, 3.63) is 58.0 Å². The van der Waals surface area contributed by atoms with Crippen molar-refractivity contribution >= 4 is 17.3 Å². The standard InChI is InChI=1S/C19H23N3O5/c1-26-19(23)14-7-8-15(16(12-14)22(24)25)20-13-17(18-6-5-11-27-18)21-9-3-2-4-10-21/h5-8,11-12,17,20H,2-4,9-10,13H2,1H3/t17-/m0/s1. The molecule has 144 valence electrons. The van der Waals surface area contributed by atoms with Crippen LogP contribution in [0.15, 0.2) is 41.0 Å². The van der Waals surface area contributed by atoms with E-state index in [0.29, 0.717) is 12.2 Å². The normalized spacial score (nSPS) is 15.9. The van der Waals surface area contributed by atoms with Crippen molar-refractivity contribution in [2.45, 2.75) is 25.3 Å². The summed E-state index contributed by atoms with van der Waals surface area (Å²) in [7, 11) is 1.24. The lowest BCUT2D eigenvalue weighted by Gasteiger charge is -2.33. The second-order valence-corrected chi connectivity index (χ2v) is 6.49. The zero-order valence-electron chi connectivity index (χ0n) is 15.2. The second kappa shape index (κ2) is 8.68. The lowest BCUT2D eigenvalue weighted by molar-refractivity contribution is -0.384. The molecule has 1 aliphatic rings. The average Bonchev–Trinajstić information content (AvgIpc) is 3.23. The Morgan fingerprint density at radius 2 is 2.11 bits per heavy atom. The summed E-state index contributed by atoms with van der Waals surface area (Å²) in [6, 6.07) is 8.05. The molecule has 8 heteroatoms. The number of nitrogens with zero attached hydrogens (tertiary/aromatic N) is 2. The molecule has 0 aliphatic carbocycles. The van der Waals surface area contributed by atoms with E-state index in [9.17, 15) is 14.9 Å². The van der Waals surface area contributed by atoms with Gasteiger partial charge in [-0.1, -0.05) is 6.42 Å². The minimum absolute atomic E-state index is 0.0137. The van der Waals surface area contributed by atoms with E-state index >= 15 is 0 Å². The molecule has 27 heavy (non-hydrogen) atoms. The molecule has 0 unspecified atom stereocenters. The average molecular weight is 373 g/mol. The molecule has 3 rings (SSSR count). The third-order valence-corrected chi connectivity index (χ3v) is 4.80. The van der Waals surface area contributed by atoms with Crippen molar-refractivity contribution in [2.75, 3.05) is 32.1 Å². The molecule has 1 N–H and O–H groups in total. The van der Waals surface area contributed by atoms with Crippen molar-refractivity contribution in [1.29, 1.82) is 0 Å². The molecule has 8 nitrogen and oxygen atoms in total. The molecule has 1 atom stereocenters. The van der Waals surface area contributed by atoms with Crippen LogP contribution in [0.3, 0.4) is 0 Å². The Hall–Kier alpha value is -2.87. The summed E-state index contributed by atoms with van der Waals surface area (Å²) >= 11 is 0. The van der Waals surface area contributed by atoms with Crippen LogP contribution in [0.4, 0.5) is 11.4 Å². The van der Waals surface area contributed by atoms with E-state index in [-0.39, 0.29) is 17.3 Å². The van der Waals surface area contributed by atoms with Crippen LogP contribution in [0.1, 0.15) is 41.4 Å². The van der Waals surface area contributed by atoms with Gasteiger partial charge in [0.2, 0.25) is 0 Å². The third-order valence-electron chi connectivity index (χ3n) is 4.80. The van der Waals surface area contributed by atoms with E-state index < -0.39 is 10.9 Å². The molecule has 1 fully saturated rings. The molecule has 0 bridgehead atoms. The van der Waals surface area contributed by atoms with Crippen LogP contribution in [0.25, 0.3) is 0 Å². The number of nitro benzene ring substituents is 1. The molecular weight excluding hydrogens is 350 g/mol. The molecule has 0 radical (unpaired) electrons. The van der Waals surface area contributed by atoms with Crippen LogP contribution in [0, 0.1) is 10.1 Å². The highest BCUT2D eigenvalue weighted by atomic mass is 16.6. The molecule has 2 aromatic rings. The maximum atomic E-state index is 11.6. The van der Waals surface area contributed by atoms with E-state index in [1.54, 1.807) is 12.3 Å². The number of likely N-dealkylation sites (tertiary alicyclic amines) is 1. The number of esters is 1. The second-order valence-electron chi connectivity index (χ2n) is 6.49. The number of furan rings is 1. The Kier molecular flexibility index (Phi) is 6.08. The first kappa shape index (κ1) is 18.9. The predicted octanol–water partition coefficient (Wildman–Crippen LogP) is 3.61. The van der Waals surface area contributed by atoms with Gasteiger partial charge in [-0.3, -0.25) is 15.0 Å². The lowest BCUT2D eigenvalue weighted by Crippen LogP contribution is -2.37. The summed E-state index contributed by atoms with van der Waals surface area (Å²) in [6.07, 6.45) is 5.12. The zero-order chi connectivity index (χ0) is 19.2. The minimum Gasteiger partial charge on any atom is -0.468 e. The summed E-state index contributed by atoms with van der Waals surface area (Å²) in [5.41, 5.74) is 0.351. The van der Waals surface area contributed by atoms with E-state index in [2.05, 4.69) is 15.0 Å². The van der Waals surface area contributed by atoms with Gasteiger partial charge >= 0.3 is 5.97 Å². The Balaban J connectivity index is 1.80. The van der Waals surface area contributed by atoms with Gasteiger partial charge in [-0.05, 0) is 50.2 Å². The van der Waals surface area contributed by atoms with Gasteiger partial charge in [0.15, 0.2) is 0 Å². The molecule has 2 heterocycles. The first-order valence-electron chi connectivity index (χ1n) is 8.98. The quantitative estimate of drug-likeness (QED) is 0.450. The first-order chi connectivity index (χ1) is 13.1. The van der Waals surface area contributed by atoms with Gasteiger partial charge in [0.25, 0.3) is 5.69 Å². The molecule has 0 amide bonds. The van der Waals surface area contributed by atoms with Crippen molar-refractivity contribution in [1.82, 2.24) is 4.90 Å². The van der Waals surface area contributed by atoms with E-state index in [1.165, 1.54) is 25.7 Å². The number of carbonyl (C=O) groups is 1. The SMILES string of the molecule is COC(=O)c1ccc(NC[C@@H](c2ccco2)N2CCCCC2)c([N+](=O)[O-])c1. The van der Waals surface area contributed by atoms with Gasteiger partial charge in [0.05, 0.1) is 29.9 Å². The fourth-order valence-electron chi connectivity index (χ4n) is 3.40. The Bertz CT molecular complexity index is 785. The van der Waals surface area contributed by atoms with Crippen LogP contribution < -0.4 is 5.32 Å². The molecule has 1 aromatic carbocycles. The summed E-state index contributed by atoms with van der Waals surface area (Å²) in [4.78, 5) is 24.9. The summed E-state index contributed by atoms with van der Waals surface area (Å²) in [6.45, 7) is 2.40.